The number of aromatic nitrogens is 3. The molecular weight excluding hydrogens is 310 g/mol. The van der Waals surface area contributed by atoms with Crippen LogP contribution in [0, 0.1) is 0 Å². The van der Waals surface area contributed by atoms with Crippen molar-refractivity contribution in [3.8, 4) is 11.4 Å². The summed E-state index contributed by atoms with van der Waals surface area (Å²) in [6, 6.07) is 3.20. The Morgan fingerprint density at radius 3 is 2.59 bits per heavy atom. The van der Waals surface area contributed by atoms with Crippen LogP contribution in [-0.2, 0) is 9.53 Å². The van der Waals surface area contributed by atoms with Gasteiger partial charge < -0.3 is 15.8 Å². The van der Waals surface area contributed by atoms with Crippen LogP contribution >= 0.6 is 11.6 Å². The fraction of sp³-hybridized carbons (Fsp3) is 0.154. The van der Waals surface area contributed by atoms with Crippen LogP contribution in [0.5, 0.6) is 0 Å². The van der Waals surface area contributed by atoms with Gasteiger partial charge in [0.1, 0.15) is 16.7 Å². The number of hydrogen-bond donors (Lipinski definition) is 2. The lowest BCUT2D eigenvalue weighted by atomic mass is 10.2. The molecule has 2 aromatic heterocycles. The maximum absolute atomic E-state index is 11.6. The summed E-state index contributed by atoms with van der Waals surface area (Å²) >= 11 is 5.89. The van der Waals surface area contributed by atoms with Gasteiger partial charge in [0.15, 0.2) is 11.5 Å². The van der Waals surface area contributed by atoms with Gasteiger partial charge >= 0.3 is 5.97 Å². The average Bonchev–Trinajstić information content (AvgIpc) is 2.49. The van der Waals surface area contributed by atoms with Gasteiger partial charge in [-0.3, -0.25) is 4.79 Å². The molecule has 0 bridgehead atoms. The average molecular weight is 322 g/mol. The van der Waals surface area contributed by atoms with Crippen molar-refractivity contribution < 1.29 is 14.3 Å². The van der Waals surface area contributed by atoms with Gasteiger partial charge in [-0.25, -0.2) is 19.7 Å². The van der Waals surface area contributed by atoms with E-state index < -0.39 is 5.97 Å². The van der Waals surface area contributed by atoms with Gasteiger partial charge in [0, 0.05) is 18.7 Å². The Morgan fingerprint density at radius 1 is 1.32 bits per heavy atom. The molecule has 114 valence electrons. The van der Waals surface area contributed by atoms with E-state index >= 15 is 0 Å². The number of halogens is 1. The quantitative estimate of drug-likeness (QED) is 0.822. The van der Waals surface area contributed by atoms with Crippen LogP contribution in [0.4, 0.5) is 11.6 Å². The number of methoxy groups -OCH3 is 1. The Hall–Kier alpha value is -2.74. The van der Waals surface area contributed by atoms with Crippen molar-refractivity contribution >= 4 is 35.1 Å². The summed E-state index contributed by atoms with van der Waals surface area (Å²) < 4.78 is 4.59. The molecule has 2 heterocycles. The SMILES string of the molecule is COC(=O)c1nc(-c2ccc(NC(C)=O)nc2)nc(N)c1Cl. The van der Waals surface area contributed by atoms with Crippen LogP contribution in [0.25, 0.3) is 11.4 Å². The maximum Gasteiger partial charge on any atom is 0.358 e. The van der Waals surface area contributed by atoms with Crippen molar-refractivity contribution in [2.24, 2.45) is 0 Å². The van der Waals surface area contributed by atoms with Crippen molar-refractivity contribution in [1.29, 1.82) is 0 Å². The number of nitrogens with one attached hydrogen (secondary N) is 1. The summed E-state index contributed by atoms with van der Waals surface area (Å²) in [6.45, 7) is 1.38. The number of pyridine rings is 1. The highest BCUT2D eigenvalue weighted by Crippen LogP contribution is 2.25. The third-order valence-corrected chi connectivity index (χ3v) is 2.95. The van der Waals surface area contributed by atoms with E-state index in [1.807, 2.05) is 0 Å². The molecule has 8 nitrogen and oxygen atoms in total. The molecule has 2 aromatic rings. The monoisotopic (exact) mass is 321 g/mol. The Balaban J connectivity index is 2.42. The Morgan fingerprint density at radius 2 is 2.05 bits per heavy atom. The number of nitrogens with zero attached hydrogens (tertiary/aromatic N) is 3. The highest BCUT2D eigenvalue weighted by Gasteiger charge is 2.18. The third-order valence-electron chi connectivity index (χ3n) is 2.58. The molecule has 0 spiro atoms. The molecule has 0 aliphatic rings. The van der Waals surface area contributed by atoms with Crippen LogP contribution in [0.15, 0.2) is 18.3 Å². The first-order chi connectivity index (χ1) is 10.4. The first kappa shape index (κ1) is 15.6. The minimum Gasteiger partial charge on any atom is -0.464 e. The highest BCUT2D eigenvalue weighted by molar-refractivity contribution is 6.35. The van der Waals surface area contributed by atoms with E-state index in [0.717, 1.165) is 0 Å². The molecule has 0 atom stereocenters. The minimum absolute atomic E-state index is 0.0435. The van der Waals surface area contributed by atoms with E-state index in [1.54, 1.807) is 12.1 Å². The van der Waals surface area contributed by atoms with Crippen molar-refractivity contribution in [2.75, 3.05) is 18.2 Å². The number of rotatable bonds is 3. The van der Waals surface area contributed by atoms with Gasteiger partial charge in [-0.1, -0.05) is 11.6 Å². The van der Waals surface area contributed by atoms with Gasteiger partial charge in [0.05, 0.1) is 7.11 Å². The molecule has 0 aliphatic heterocycles. The summed E-state index contributed by atoms with van der Waals surface area (Å²) in [4.78, 5) is 34.7. The van der Waals surface area contributed by atoms with Crippen molar-refractivity contribution in [1.82, 2.24) is 15.0 Å². The Bertz CT molecular complexity index is 733. The number of anilines is 2. The Kier molecular flexibility index (Phi) is 4.52. The molecule has 0 saturated carbocycles. The molecule has 0 unspecified atom stereocenters. The predicted octanol–water partition coefficient (Wildman–Crippen LogP) is 1.52. The summed E-state index contributed by atoms with van der Waals surface area (Å²) in [5.41, 5.74) is 6.05. The maximum atomic E-state index is 11.6. The molecule has 0 aliphatic carbocycles. The number of carbonyl (C=O) groups is 2. The Labute approximate surface area is 130 Å². The summed E-state index contributed by atoms with van der Waals surface area (Å²) in [6.07, 6.45) is 1.44. The van der Waals surface area contributed by atoms with E-state index in [-0.39, 0.29) is 28.3 Å². The van der Waals surface area contributed by atoms with Crippen LogP contribution in [-0.4, -0.2) is 33.9 Å². The lowest BCUT2D eigenvalue weighted by Crippen LogP contribution is -2.10. The number of hydrogen-bond acceptors (Lipinski definition) is 7. The second-order valence-electron chi connectivity index (χ2n) is 4.20. The van der Waals surface area contributed by atoms with E-state index in [0.29, 0.717) is 11.4 Å². The standard InChI is InChI=1S/C13H12ClN5O3/c1-6(20)17-8-4-3-7(5-16-8)12-18-10(13(21)22-2)9(14)11(15)19-12/h3-5H,1-2H3,(H2,15,18,19)(H,16,17,20). The fourth-order valence-corrected chi connectivity index (χ4v) is 1.77. The van der Waals surface area contributed by atoms with Gasteiger partial charge in [-0.2, -0.15) is 0 Å². The lowest BCUT2D eigenvalue weighted by Gasteiger charge is -2.07. The van der Waals surface area contributed by atoms with Crippen molar-refractivity contribution in [2.45, 2.75) is 6.92 Å². The molecule has 9 heteroatoms. The summed E-state index contributed by atoms with van der Waals surface area (Å²) in [5.74, 6) is -0.447. The second kappa shape index (κ2) is 6.35. The van der Waals surface area contributed by atoms with Gasteiger partial charge in [-0.15, -0.1) is 0 Å². The number of nitrogens with two attached hydrogens (primary N) is 1. The molecule has 22 heavy (non-hydrogen) atoms. The zero-order valence-corrected chi connectivity index (χ0v) is 12.5. The molecule has 0 radical (unpaired) electrons. The molecule has 2 rings (SSSR count). The van der Waals surface area contributed by atoms with Gasteiger partial charge in [-0.05, 0) is 12.1 Å². The van der Waals surface area contributed by atoms with E-state index in [9.17, 15) is 9.59 Å². The molecular formula is C13H12ClN5O3. The van der Waals surface area contributed by atoms with E-state index in [2.05, 4.69) is 25.0 Å². The van der Waals surface area contributed by atoms with E-state index in [1.165, 1.54) is 20.2 Å². The van der Waals surface area contributed by atoms with E-state index in [4.69, 9.17) is 17.3 Å². The normalized spacial score (nSPS) is 10.1. The molecule has 0 aromatic carbocycles. The van der Waals surface area contributed by atoms with Crippen molar-refractivity contribution in [3.05, 3.63) is 29.0 Å². The number of carbonyl (C=O) groups excluding carboxylic acids is 2. The first-order valence-electron chi connectivity index (χ1n) is 6.07. The van der Waals surface area contributed by atoms with Crippen LogP contribution in [0.2, 0.25) is 5.02 Å². The molecule has 3 N–H and O–H groups in total. The smallest absolute Gasteiger partial charge is 0.358 e. The van der Waals surface area contributed by atoms with Crippen LogP contribution < -0.4 is 11.1 Å². The third kappa shape index (κ3) is 3.29. The first-order valence-corrected chi connectivity index (χ1v) is 6.45. The number of ether oxygens (including phenoxy) is 1. The van der Waals surface area contributed by atoms with Crippen molar-refractivity contribution in [3.63, 3.8) is 0 Å². The van der Waals surface area contributed by atoms with Crippen LogP contribution in [0.3, 0.4) is 0 Å². The number of esters is 1. The highest BCUT2D eigenvalue weighted by atomic mass is 35.5. The number of nitrogen functional groups attached to an aromatic ring is 1. The minimum atomic E-state index is -0.719. The largest absolute Gasteiger partial charge is 0.464 e. The van der Waals surface area contributed by atoms with Crippen LogP contribution in [0.1, 0.15) is 17.4 Å². The second-order valence-corrected chi connectivity index (χ2v) is 4.58. The molecule has 1 amide bonds. The summed E-state index contributed by atoms with van der Waals surface area (Å²) in [7, 11) is 1.21. The topological polar surface area (TPSA) is 120 Å². The predicted molar refractivity (Wildman–Crippen MR) is 80.3 cm³/mol. The summed E-state index contributed by atoms with van der Waals surface area (Å²) in [5, 5.41) is 2.46. The van der Waals surface area contributed by atoms with Gasteiger partial charge in [0.25, 0.3) is 0 Å². The zero-order valence-electron chi connectivity index (χ0n) is 11.8. The number of amides is 1. The zero-order chi connectivity index (χ0) is 16.3. The lowest BCUT2D eigenvalue weighted by molar-refractivity contribution is -0.114. The molecule has 0 saturated heterocycles. The van der Waals surface area contributed by atoms with Gasteiger partial charge in [0.2, 0.25) is 5.91 Å². The molecule has 0 fully saturated rings. The fourth-order valence-electron chi connectivity index (χ4n) is 1.61.